The van der Waals surface area contributed by atoms with Crippen LogP contribution in [0.2, 0.25) is 0 Å². The van der Waals surface area contributed by atoms with Crippen LogP contribution in [0.15, 0.2) is 0 Å². The average Bonchev–Trinajstić information content (AvgIpc) is 2.46. The summed E-state index contributed by atoms with van der Waals surface area (Å²) < 4.78 is 0. The summed E-state index contributed by atoms with van der Waals surface area (Å²) in [5.41, 5.74) is 0. The molecule has 20 heavy (non-hydrogen) atoms. The average molecular weight is 279 g/mol. The largest absolute Gasteiger partial charge is 0.317 e. The monoisotopic (exact) mass is 279 g/mol. The van der Waals surface area contributed by atoms with Crippen LogP contribution in [0.5, 0.6) is 0 Å². The van der Waals surface area contributed by atoms with Gasteiger partial charge < -0.3 is 10.2 Å². The number of hydrogen-bond acceptors (Lipinski definition) is 3. The predicted octanol–water partition coefficient (Wildman–Crippen LogP) is 2.32. The fraction of sp³-hybridized carbons (Fsp3) is 1.00. The van der Waals surface area contributed by atoms with Gasteiger partial charge in [0.05, 0.1) is 0 Å². The van der Waals surface area contributed by atoms with Crippen molar-refractivity contribution in [1.29, 1.82) is 0 Å². The van der Waals surface area contributed by atoms with Crippen LogP contribution < -0.4 is 5.32 Å². The van der Waals surface area contributed by atoms with Crippen LogP contribution >= 0.6 is 0 Å². The molecule has 116 valence electrons. The molecule has 1 N–H and O–H groups in total. The molecule has 3 aliphatic rings. The van der Waals surface area contributed by atoms with Crippen molar-refractivity contribution < 1.29 is 0 Å². The molecule has 3 saturated heterocycles. The van der Waals surface area contributed by atoms with Gasteiger partial charge in [-0.25, -0.2) is 0 Å². The zero-order valence-electron chi connectivity index (χ0n) is 13.5. The van der Waals surface area contributed by atoms with E-state index < -0.39 is 0 Å². The number of likely N-dealkylation sites (tertiary alicyclic amines) is 1. The maximum absolute atomic E-state index is 3.53. The third-order valence-electron chi connectivity index (χ3n) is 6.17. The maximum atomic E-state index is 3.53. The standard InChI is InChI=1S/C17H33N3/c1-18-15-12-16-4-3-5-17(13-15)20(16)11-8-14-6-9-19(2)10-7-14/h14-18H,3-13H2,1-2H3. The van der Waals surface area contributed by atoms with Crippen LogP contribution in [0, 0.1) is 5.92 Å². The molecule has 0 spiro atoms. The summed E-state index contributed by atoms with van der Waals surface area (Å²) in [6, 6.07) is 2.54. The van der Waals surface area contributed by atoms with E-state index in [9.17, 15) is 0 Å². The Kier molecular flexibility index (Phi) is 5.00. The van der Waals surface area contributed by atoms with E-state index in [1.807, 2.05) is 0 Å². The number of piperidine rings is 3. The third kappa shape index (κ3) is 3.37. The van der Waals surface area contributed by atoms with E-state index in [-0.39, 0.29) is 0 Å². The molecular weight excluding hydrogens is 246 g/mol. The van der Waals surface area contributed by atoms with Crippen molar-refractivity contribution in [2.24, 2.45) is 5.92 Å². The van der Waals surface area contributed by atoms with Gasteiger partial charge in [0.25, 0.3) is 0 Å². The summed E-state index contributed by atoms with van der Waals surface area (Å²) >= 11 is 0. The van der Waals surface area contributed by atoms with E-state index in [4.69, 9.17) is 0 Å². The third-order valence-corrected chi connectivity index (χ3v) is 6.17. The normalized spacial score (nSPS) is 37.2. The molecule has 0 radical (unpaired) electrons. The molecule has 3 rings (SSSR count). The maximum Gasteiger partial charge on any atom is 0.0113 e. The van der Waals surface area contributed by atoms with Crippen LogP contribution in [0.25, 0.3) is 0 Å². The Morgan fingerprint density at radius 3 is 2.25 bits per heavy atom. The summed E-state index contributed by atoms with van der Waals surface area (Å²) in [6.07, 6.45) is 11.4. The number of rotatable bonds is 4. The second kappa shape index (κ2) is 6.76. The Bertz CT molecular complexity index is 285. The summed E-state index contributed by atoms with van der Waals surface area (Å²) in [7, 11) is 4.41. The Morgan fingerprint density at radius 2 is 1.65 bits per heavy atom. The Balaban J connectivity index is 1.49. The molecule has 0 amide bonds. The highest BCUT2D eigenvalue weighted by atomic mass is 15.2. The molecule has 0 aromatic carbocycles. The fourth-order valence-electron chi connectivity index (χ4n) is 4.76. The molecular formula is C17H33N3. The first-order valence-electron chi connectivity index (χ1n) is 8.88. The molecule has 0 aromatic rings. The molecule has 3 fully saturated rings. The predicted molar refractivity (Wildman–Crippen MR) is 85.1 cm³/mol. The number of hydrogen-bond donors (Lipinski definition) is 1. The lowest BCUT2D eigenvalue weighted by Gasteiger charge is -2.49. The Morgan fingerprint density at radius 1 is 1.00 bits per heavy atom. The van der Waals surface area contributed by atoms with Crippen LogP contribution in [0.4, 0.5) is 0 Å². The van der Waals surface area contributed by atoms with Crippen molar-refractivity contribution >= 4 is 0 Å². The minimum Gasteiger partial charge on any atom is -0.317 e. The first kappa shape index (κ1) is 14.8. The summed E-state index contributed by atoms with van der Waals surface area (Å²) in [5.74, 6) is 0.994. The van der Waals surface area contributed by atoms with Gasteiger partial charge >= 0.3 is 0 Å². The van der Waals surface area contributed by atoms with E-state index in [0.29, 0.717) is 0 Å². The molecule has 2 unspecified atom stereocenters. The lowest BCUT2D eigenvalue weighted by atomic mass is 9.81. The minimum absolute atomic E-state index is 0.782. The van der Waals surface area contributed by atoms with Crippen molar-refractivity contribution in [2.45, 2.75) is 69.5 Å². The Hall–Kier alpha value is -0.120. The number of nitrogens with zero attached hydrogens (tertiary/aromatic N) is 2. The molecule has 0 saturated carbocycles. The zero-order valence-corrected chi connectivity index (χ0v) is 13.5. The second-order valence-electron chi connectivity index (χ2n) is 7.47. The van der Waals surface area contributed by atoms with Crippen molar-refractivity contribution in [2.75, 3.05) is 33.7 Å². The molecule has 0 aliphatic carbocycles. The molecule has 2 atom stereocenters. The fourth-order valence-corrected chi connectivity index (χ4v) is 4.76. The van der Waals surface area contributed by atoms with E-state index >= 15 is 0 Å². The highest BCUT2D eigenvalue weighted by Gasteiger charge is 2.37. The van der Waals surface area contributed by atoms with Gasteiger partial charge in [-0.1, -0.05) is 6.42 Å². The van der Waals surface area contributed by atoms with E-state index in [0.717, 1.165) is 24.0 Å². The van der Waals surface area contributed by atoms with Gasteiger partial charge in [-0.05, 0) is 84.6 Å². The van der Waals surface area contributed by atoms with Crippen LogP contribution in [0.3, 0.4) is 0 Å². The van der Waals surface area contributed by atoms with E-state index in [1.165, 1.54) is 71.0 Å². The van der Waals surface area contributed by atoms with Gasteiger partial charge in [-0.15, -0.1) is 0 Å². The van der Waals surface area contributed by atoms with E-state index in [2.05, 4.69) is 29.2 Å². The highest BCUT2D eigenvalue weighted by molar-refractivity contribution is 4.94. The van der Waals surface area contributed by atoms with Crippen molar-refractivity contribution in [3.05, 3.63) is 0 Å². The molecule has 3 aliphatic heterocycles. The summed E-state index contributed by atoms with van der Waals surface area (Å²) in [6.45, 7) is 4.01. The van der Waals surface area contributed by atoms with Crippen molar-refractivity contribution in [3.63, 3.8) is 0 Å². The van der Waals surface area contributed by atoms with Gasteiger partial charge in [-0.2, -0.15) is 0 Å². The topological polar surface area (TPSA) is 18.5 Å². The summed E-state index contributed by atoms with van der Waals surface area (Å²) in [5, 5.41) is 3.53. The second-order valence-corrected chi connectivity index (χ2v) is 7.47. The minimum atomic E-state index is 0.782. The molecule has 3 heteroatoms. The van der Waals surface area contributed by atoms with Gasteiger partial charge in [0.2, 0.25) is 0 Å². The smallest absolute Gasteiger partial charge is 0.0113 e. The highest BCUT2D eigenvalue weighted by Crippen LogP contribution is 2.34. The first-order chi connectivity index (χ1) is 9.76. The molecule has 3 nitrogen and oxygen atoms in total. The van der Waals surface area contributed by atoms with Crippen LogP contribution in [0.1, 0.15) is 51.4 Å². The van der Waals surface area contributed by atoms with Gasteiger partial charge in [-0.3, -0.25) is 4.90 Å². The van der Waals surface area contributed by atoms with E-state index in [1.54, 1.807) is 0 Å². The van der Waals surface area contributed by atoms with Crippen LogP contribution in [-0.4, -0.2) is 61.7 Å². The quantitative estimate of drug-likeness (QED) is 0.852. The van der Waals surface area contributed by atoms with Gasteiger partial charge in [0.15, 0.2) is 0 Å². The molecule has 3 heterocycles. The lowest BCUT2D eigenvalue weighted by Crippen LogP contribution is -2.56. The zero-order chi connectivity index (χ0) is 13.9. The lowest BCUT2D eigenvalue weighted by molar-refractivity contribution is 0.0193. The van der Waals surface area contributed by atoms with Crippen LogP contribution in [-0.2, 0) is 0 Å². The SMILES string of the molecule is CNC1CC2CCCC(C1)N2CCC1CCN(C)CC1. The van der Waals surface area contributed by atoms with Gasteiger partial charge in [0.1, 0.15) is 0 Å². The van der Waals surface area contributed by atoms with Crippen molar-refractivity contribution in [3.8, 4) is 0 Å². The number of fused-ring (bicyclic) bond motifs is 2. The Labute approximate surface area is 125 Å². The first-order valence-corrected chi connectivity index (χ1v) is 8.88. The summed E-state index contributed by atoms with van der Waals surface area (Å²) in [4.78, 5) is 5.39. The molecule has 2 bridgehead atoms. The molecule has 0 aromatic heterocycles. The number of nitrogens with one attached hydrogen (secondary N) is 1. The van der Waals surface area contributed by atoms with Gasteiger partial charge in [0, 0.05) is 18.1 Å². The van der Waals surface area contributed by atoms with Crippen molar-refractivity contribution in [1.82, 2.24) is 15.1 Å².